The minimum atomic E-state index is -0.959. The number of benzene rings is 1. The molecule has 172 valence electrons. The molecular weight excluding hydrogens is 426 g/mol. The molecule has 2 aromatic rings. The van der Waals surface area contributed by atoms with Gasteiger partial charge >= 0.3 is 0 Å². The van der Waals surface area contributed by atoms with Crippen molar-refractivity contribution in [1.29, 1.82) is 0 Å². The maximum Gasteiger partial charge on any atom is 0.262 e. The first-order valence-corrected chi connectivity index (χ1v) is 11.2. The van der Waals surface area contributed by atoms with Gasteiger partial charge in [-0.1, -0.05) is 11.3 Å². The molecule has 0 saturated carbocycles. The zero-order valence-electron chi connectivity index (χ0n) is 18.0. The first-order valence-electron chi connectivity index (χ1n) is 11.2. The number of fused-ring (bicyclic) bond motifs is 1. The third-order valence-electron chi connectivity index (χ3n) is 6.38. The van der Waals surface area contributed by atoms with Gasteiger partial charge in [-0.15, -0.1) is 5.10 Å². The summed E-state index contributed by atoms with van der Waals surface area (Å²) in [6.45, 7) is 2.97. The first kappa shape index (κ1) is 21.4. The lowest BCUT2D eigenvalue weighted by Crippen LogP contribution is -2.54. The van der Waals surface area contributed by atoms with Gasteiger partial charge in [-0.05, 0) is 50.0 Å². The van der Waals surface area contributed by atoms with Crippen molar-refractivity contribution >= 4 is 23.6 Å². The van der Waals surface area contributed by atoms with E-state index in [1.807, 2.05) is 10.9 Å². The van der Waals surface area contributed by atoms with Gasteiger partial charge in [-0.3, -0.25) is 29.4 Å². The summed E-state index contributed by atoms with van der Waals surface area (Å²) in [5, 5.41) is 17.3. The van der Waals surface area contributed by atoms with Gasteiger partial charge in [-0.2, -0.15) is 0 Å². The molecule has 3 N–H and O–H groups in total. The van der Waals surface area contributed by atoms with Crippen LogP contribution in [0.2, 0.25) is 0 Å². The monoisotopic (exact) mass is 451 g/mol. The molecule has 3 aliphatic rings. The lowest BCUT2D eigenvalue weighted by Gasteiger charge is -2.27. The molecule has 11 nitrogen and oxygen atoms in total. The third-order valence-corrected chi connectivity index (χ3v) is 6.38. The molecule has 0 bridgehead atoms. The van der Waals surface area contributed by atoms with Crippen LogP contribution in [-0.4, -0.2) is 62.7 Å². The smallest absolute Gasteiger partial charge is 0.262 e. The quantitative estimate of drug-likeness (QED) is 0.518. The maximum absolute atomic E-state index is 12.9. The number of carbonyl (C=O) groups excluding carboxylic acids is 4. The molecule has 1 aromatic carbocycles. The molecule has 2 saturated heterocycles. The van der Waals surface area contributed by atoms with Crippen LogP contribution in [0, 0.1) is 0 Å². The average molecular weight is 451 g/mol. The second-order valence-electron chi connectivity index (χ2n) is 8.60. The van der Waals surface area contributed by atoms with Crippen molar-refractivity contribution in [2.24, 2.45) is 0 Å². The number of hydrogen-bond acceptors (Lipinski definition) is 8. The number of piperidine rings is 2. The highest BCUT2D eigenvalue weighted by atomic mass is 16.2. The van der Waals surface area contributed by atoms with Crippen molar-refractivity contribution in [1.82, 2.24) is 35.8 Å². The van der Waals surface area contributed by atoms with Crippen molar-refractivity contribution in [3.8, 4) is 0 Å². The molecule has 1 unspecified atom stereocenters. The minimum Gasteiger partial charge on any atom is -0.317 e. The predicted molar refractivity (Wildman–Crippen MR) is 115 cm³/mol. The largest absolute Gasteiger partial charge is 0.317 e. The van der Waals surface area contributed by atoms with E-state index < -0.39 is 29.7 Å². The van der Waals surface area contributed by atoms with Crippen LogP contribution in [0.4, 0.5) is 0 Å². The Labute approximate surface area is 189 Å². The molecule has 4 amide bonds. The summed E-state index contributed by atoms with van der Waals surface area (Å²) in [4.78, 5) is 50.3. The van der Waals surface area contributed by atoms with E-state index in [4.69, 9.17) is 0 Å². The Morgan fingerprint density at radius 1 is 1.00 bits per heavy atom. The number of amides is 4. The van der Waals surface area contributed by atoms with Gasteiger partial charge in [-0.25, -0.2) is 4.68 Å². The fourth-order valence-corrected chi connectivity index (χ4v) is 4.61. The number of carbonyl (C=O) groups is 4. The van der Waals surface area contributed by atoms with E-state index in [2.05, 4.69) is 26.3 Å². The highest BCUT2D eigenvalue weighted by Gasteiger charge is 2.44. The van der Waals surface area contributed by atoms with Crippen LogP contribution in [-0.2, 0) is 22.7 Å². The number of rotatable bonds is 6. The van der Waals surface area contributed by atoms with E-state index >= 15 is 0 Å². The van der Waals surface area contributed by atoms with E-state index in [9.17, 15) is 19.2 Å². The zero-order valence-corrected chi connectivity index (χ0v) is 18.0. The Hall–Kier alpha value is -3.44. The Kier molecular flexibility index (Phi) is 5.73. The van der Waals surface area contributed by atoms with Crippen molar-refractivity contribution in [2.45, 2.75) is 50.9 Å². The van der Waals surface area contributed by atoms with Crippen LogP contribution >= 0.6 is 0 Å². The summed E-state index contributed by atoms with van der Waals surface area (Å²) < 4.78 is 1.93. The zero-order chi connectivity index (χ0) is 22.9. The van der Waals surface area contributed by atoms with Crippen LogP contribution < -0.4 is 16.0 Å². The SMILES string of the molecule is O=C1CCC(N2C(=O)c3ccc(CNCc4cn(C5CCNCC5)nn4)cc3C2=O)C(=O)N1. The molecule has 11 heteroatoms. The summed E-state index contributed by atoms with van der Waals surface area (Å²) in [6.07, 6.45) is 4.28. The molecule has 2 fully saturated rings. The van der Waals surface area contributed by atoms with Gasteiger partial charge < -0.3 is 10.6 Å². The average Bonchev–Trinajstić information content (AvgIpc) is 3.38. The summed E-state index contributed by atoms with van der Waals surface area (Å²) in [5.74, 6) is -2.01. The molecule has 0 spiro atoms. The van der Waals surface area contributed by atoms with Gasteiger partial charge in [0.1, 0.15) is 6.04 Å². The normalized spacial score (nSPS) is 21.5. The van der Waals surface area contributed by atoms with E-state index in [0.717, 1.165) is 42.1 Å². The molecule has 1 atom stereocenters. The van der Waals surface area contributed by atoms with Gasteiger partial charge in [0.05, 0.1) is 29.1 Å². The molecule has 5 rings (SSSR count). The maximum atomic E-state index is 12.9. The van der Waals surface area contributed by atoms with Crippen LogP contribution in [0.1, 0.15) is 63.7 Å². The number of nitrogens with one attached hydrogen (secondary N) is 3. The Balaban J connectivity index is 1.21. The molecule has 0 aliphatic carbocycles. The van der Waals surface area contributed by atoms with E-state index in [0.29, 0.717) is 19.1 Å². The van der Waals surface area contributed by atoms with Crippen LogP contribution in [0.25, 0.3) is 0 Å². The summed E-state index contributed by atoms with van der Waals surface area (Å²) in [5.41, 5.74) is 2.23. The molecule has 33 heavy (non-hydrogen) atoms. The molecule has 0 radical (unpaired) electrons. The number of imide groups is 2. The summed E-state index contributed by atoms with van der Waals surface area (Å²) in [7, 11) is 0. The highest BCUT2D eigenvalue weighted by molar-refractivity contribution is 6.23. The lowest BCUT2D eigenvalue weighted by molar-refractivity contribution is -0.136. The van der Waals surface area contributed by atoms with Gasteiger partial charge in [0, 0.05) is 19.5 Å². The van der Waals surface area contributed by atoms with Gasteiger partial charge in [0.25, 0.3) is 11.8 Å². The Morgan fingerprint density at radius 2 is 1.79 bits per heavy atom. The number of aromatic nitrogens is 3. The summed E-state index contributed by atoms with van der Waals surface area (Å²) in [6, 6.07) is 4.50. The third kappa shape index (κ3) is 4.16. The lowest BCUT2D eigenvalue weighted by atomic mass is 10.0. The van der Waals surface area contributed by atoms with Gasteiger partial charge in [0.2, 0.25) is 11.8 Å². The topological polar surface area (TPSA) is 138 Å². The van der Waals surface area contributed by atoms with E-state index in [-0.39, 0.29) is 24.0 Å². The van der Waals surface area contributed by atoms with Crippen LogP contribution in [0.5, 0.6) is 0 Å². The minimum absolute atomic E-state index is 0.0984. The van der Waals surface area contributed by atoms with Crippen LogP contribution in [0.15, 0.2) is 24.4 Å². The molecule has 3 aliphatic heterocycles. The Bertz CT molecular complexity index is 1120. The van der Waals surface area contributed by atoms with Crippen molar-refractivity contribution < 1.29 is 19.2 Å². The molecular formula is C22H25N7O4. The van der Waals surface area contributed by atoms with E-state index in [1.54, 1.807) is 18.2 Å². The van der Waals surface area contributed by atoms with Crippen molar-refractivity contribution in [2.75, 3.05) is 13.1 Å². The van der Waals surface area contributed by atoms with Gasteiger partial charge in [0.15, 0.2) is 0 Å². The number of hydrogen-bond donors (Lipinski definition) is 3. The molecule has 4 heterocycles. The Morgan fingerprint density at radius 3 is 2.58 bits per heavy atom. The van der Waals surface area contributed by atoms with Crippen LogP contribution in [0.3, 0.4) is 0 Å². The van der Waals surface area contributed by atoms with Crippen molar-refractivity contribution in [3.63, 3.8) is 0 Å². The fraction of sp³-hybridized carbons (Fsp3) is 0.455. The first-order chi connectivity index (χ1) is 16.0. The van der Waals surface area contributed by atoms with Crippen molar-refractivity contribution in [3.05, 3.63) is 46.8 Å². The van der Waals surface area contributed by atoms with E-state index in [1.165, 1.54) is 0 Å². The second kappa shape index (κ2) is 8.83. The number of nitrogens with zero attached hydrogens (tertiary/aromatic N) is 4. The fourth-order valence-electron chi connectivity index (χ4n) is 4.61. The standard InChI is InChI=1S/C22H25N7O4/c30-19-4-3-18(20(31)25-19)29-21(32)16-2-1-13(9-17(16)22(29)33)10-24-11-14-12-28(27-26-14)15-5-7-23-8-6-15/h1-2,9,12,15,18,23-24H,3-8,10-11H2,(H,25,30,31). The molecule has 1 aromatic heterocycles. The predicted octanol–water partition coefficient (Wildman–Crippen LogP) is -0.106. The highest BCUT2D eigenvalue weighted by Crippen LogP contribution is 2.28. The summed E-state index contributed by atoms with van der Waals surface area (Å²) >= 11 is 0. The second-order valence-corrected chi connectivity index (χ2v) is 8.60.